The van der Waals surface area contributed by atoms with E-state index in [1.807, 2.05) is 6.92 Å². The van der Waals surface area contributed by atoms with E-state index in [0.29, 0.717) is 5.92 Å². The highest BCUT2D eigenvalue weighted by Crippen LogP contribution is 2.35. The number of nitrogens with two attached hydrogens (primary N) is 1. The molecule has 19 heavy (non-hydrogen) atoms. The molecule has 0 fully saturated rings. The summed E-state index contributed by atoms with van der Waals surface area (Å²) >= 11 is 0. The molecule has 3 atom stereocenters. The van der Waals surface area contributed by atoms with Crippen LogP contribution < -0.4 is 5.73 Å². The molecule has 0 bridgehead atoms. The Labute approximate surface area is 117 Å². The average Bonchev–Trinajstić information content (AvgIpc) is 2.45. The lowest BCUT2D eigenvalue weighted by atomic mass is 9.79. The Kier molecular flexibility index (Phi) is 5.41. The first-order valence-corrected chi connectivity index (χ1v) is 7.71. The van der Waals surface area contributed by atoms with Crippen molar-refractivity contribution in [1.82, 2.24) is 0 Å². The van der Waals surface area contributed by atoms with Crippen LogP contribution >= 0.6 is 0 Å². The molecular formula is C17H27NO. The van der Waals surface area contributed by atoms with Crippen LogP contribution in [0.4, 0.5) is 0 Å². The second-order valence-corrected chi connectivity index (χ2v) is 5.59. The van der Waals surface area contributed by atoms with Crippen molar-refractivity contribution in [1.29, 1.82) is 0 Å². The molecule has 0 amide bonds. The van der Waals surface area contributed by atoms with Gasteiger partial charge in [-0.2, -0.15) is 0 Å². The van der Waals surface area contributed by atoms with E-state index in [1.165, 1.54) is 30.4 Å². The zero-order valence-electron chi connectivity index (χ0n) is 12.3. The summed E-state index contributed by atoms with van der Waals surface area (Å²) in [7, 11) is 0. The predicted octanol–water partition coefficient (Wildman–Crippen LogP) is 3.64. The molecule has 2 heteroatoms. The highest BCUT2D eigenvalue weighted by molar-refractivity contribution is 5.32. The maximum atomic E-state index is 6.38. The predicted molar refractivity (Wildman–Crippen MR) is 80.4 cm³/mol. The standard InChI is InChI=1S/C17H27NO/c1-3-17(19-4-2)16(18)12-14-10-7-9-13-8-5-6-11-15(13)14/h5-6,8,11,14,16-17H,3-4,7,9-10,12,18H2,1-2H3. The van der Waals surface area contributed by atoms with Crippen LogP contribution in [0, 0.1) is 0 Å². The maximum Gasteiger partial charge on any atom is 0.0723 e. The molecule has 1 aromatic rings. The topological polar surface area (TPSA) is 35.2 Å². The lowest BCUT2D eigenvalue weighted by Gasteiger charge is -2.30. The monoisotopic (exact) mass is 261 g/mol. The molecule has 0 spiro atoms. The fourth-order valence-electron chi connectivity index (χ4n) is 3.34. The molecule has 0 saturated heterocycles. The summed E-state index contributed by atoms with van der Waals surface area (Å²) in [4.78, 5) is 0. The van der Waals surface area contributed by atoms with E-state index in [-0.39, 0.29) is 12.1 Å². The summed E-state index contributed by atoms with van der Waals surface area (Å²) < 4.78 is 5.76. The van der Waals surface area contributed by atoms with Crippen molar-refractivity contribution in [3.05, 3.63) is 35.4 Å². The summed E-state index contributed by atoms with van der Waals surface area (Å²) in [6.07, 6.45) is 6.05. The number of benzene rings is 1. The van der Waals surface area contributed by atoms with Gasteiger partial charge in [0, 0.05) is 12.6 Å². The first-order chi connectivity index (χ1) is 9.26. The van der Waals surface area contributed by atoms with Crippen LogP contribution in [-0.4, -0.2) is 18.8 Å². The van der Waals surface area contributed by atoms with Crippen LogP contribution in [0.15, 0.2) is 24.3 Å². The van der Waals surface area contributed by atoms with Gasteiger partial charge in [-0.05, 0) is 56.1 Å². The lowest BCUT2D eigenvalue weighted by Crippen LogP contribution is -2.38. The third-order valence-electron chi connectivity index (χ3n) is 4.31. The summed E-state index contributed by atoms with van der Waals surface area (Å²) in [6, 6.07) is 9.01. The molecule has 0 heterocycles. The van der Waals surface area contributed by atoms with E-state index in [0.717, 1.165) is 19.4 Å². The van der Waals surface area contributed by atoms with Crippen molar-refractivity contribution in [2.75, 3.05) is 6.61 Å². The van der Waals surface area contributed by atoms with Crippen LogP contribution in [0.3, 0.4) is 0 Å². The second kappa shape index (κ2) is 7.06. The minimum Gasteiger partial charge on any atom is -0.377 e. The number of fused-ring (bicyclic) bond motifs is 1. The van der Waals surface area contributed by atoms with E-state index < -0.39 is 0 Å². The highest BCUT2D eigenvalue weighted by atomic mass is 16.5. The maximum absolute atomic E-state index is 6.38. The Morgan fingerprint density at radius 1 is 1.32 bits per heavy atom. The summed E-state index contributed by atoms with van der Waals surface area (Å²) in [5.41, 5.74) is 9.42. The van der Waals surface area contributed by atoms with Crippen molar-refractivity contribution in [2.45, 2.75) is 64.0 Å². The number of ether oxygens (including phenoxy) is 1. The van der Waals surface area contributed by atoms with Crippen molar-refractivity contribution >= 4 is 0 Å². The minimum absolute atomic E-state index is 0.154. The fourth-order valence-corrected chi connectivity index (χ4v) is 3.34. The van der Waals surface area contributed by atoms with E-state index in [9.17, 15) is 0 Å². The van der Waals surface area contributed by atoms with E-state index in [2.05, 4.69) is 31.2 Å². The SMILES string of the molecule is CCOC(CC)C(N)CC1CCCc2ccccc21. The average molecular weight is 261 g/mol. The van der Waals surface area contributed by atoms with Gasteiger partial charge >= 0.3 is 0 Å². The van der Waals surface area contributed by atoms with Crippen molar-refractivity contribution < 1.29 is 4.74 Å². The Morgan fingerprint density at radius 2 is 2.11 bits per heavy atom. The number of hydrogen-bond acceptors (Lipinski definition) is 2. The first kappa shape index (κ1) is 14.5. The van der Waals surface area contributed by atoms with Crippen LogP contribution in [0.2, 0.25) is 0 Å². The fraction of sp³-hybridized carbons (Fsp3) is 0.647. The second-order valence-electron chi connectivity index (χ2n) is 5.59. The van der Waals surface area contributed by atoms with E-state index >= 15 is 0 Å². The van der Waals surface area contributed by atoms with Crippen LogP contribution in [0.5, 0.6) is 0 Å². The first-order valence-electron chi connectivity index (χ1n) is 7.71. The number of rotatable bonds is 6. The summed E-state index contributed by atoms with van der Waals surface area (Å²) in [5, 5.41) is 0. The molecule has 0 aliphatic heterocycles. The van der Waals surface area contributed by atoms with Gasteiger partial charge in [-0.25, -0.2) is 0 Å². The zero-order chi connectivity index (χ0) is 13.7. The molecule has 1 aliphatic carbocycles. The Balaban J connectivity index is 2.03. The molecule has 2 N–H and O–H groups in total. The highest BCUT2D eigenvalue weighted by Gasteiger charge is 2.25. The zero-order valence-corrected chi connectivity index (χ0v) is 12.3. The minimum atomic E-state index is 0.154. The van der Waals surface area contributed by atoms with Gasteiger partial charge < -0.3 is 10.5 Å². The van der Waals surface area contributed by atoms with Crippen molar-refractivity contribution in [3.8, 4) is 0 Å². The summed E-state index contributed by atoms with van der Waals surface area (Å²) in [5.74, 6) is 0.620. The van der Waals surface area contributed by atoms with Gasteiger partial charge in [-0.1, -0.05) is 31.2 Å². The van der Waals surface area contributed by atoms with Gasteiger partial charge in [-0.15, -0.1) is 0 Å². The molecule has 0 saturated carbocycles. The quantitative estimate of drug-likeness (QED) is 0.848. The Morgan fingerprint density at radius 3 is 2.84 bits per heavy atom. The normalized spacial score (nSPS) is 21.7. The van der Waals surface area contributed by atoms with E-state index in [4.69, 9.17) is 10.5 Å². The lowest BCUT2D eigenvalue weighted by molar-refractivity contribution is 0.0376. The smallest absolute Gasteiger partial charge is 0.0723 e. The molecule has 106 valence electrons. The third-order valence-corrected chi connectivity index (χ3v) is 4.31. The van der Waals surface area contributed by atoms with Crippen molar-refractivity contribution in [3.63, 3.8) is 0 Å². The van der Waals surface area contributed by atoms with Crippen LogP contribution in [0.25, 0.3) is 0 Å². The van der Waals surface area contributed by atoms with Crippen LogP contribution in [0.1, 0.15) is 56.6 Å². The molecule has 2 rings (SSSR count). The van der Waals surface area contributed by atoms with E-state index in [1.54, 1.807) is 0 Å². The number of hydrogen-bond donors (Lipinski definition) is 1. The van der Waals surface area contributed by atoms with Crippen molar-refractivity contribution in [2.24, 2.45) is 5.73 Å². The molecule has 2 nitrogen and oxygen atoms in total. The molecule has 1 aliphatic rings. The van der Waals surface area contributed by atoms with Gasteiger partial charge in [-0.3, -0.25) is 0 Å². The third kappa shape index (κ3) is 3.58. The van der Waals surface area contributed by atoms with Crippen LogP contribution in [-0.2, 0) is 11.2 Å². The molecule has 3 unspecified atom stereocenters. The molecular weight excluding hydrogens is 234 g/mol. The summed E-state index contributed by atoms with van der Waals surface area (Å²) in [6.45, 7) is 4.97. The Hall–Kier alpha value is -0.860. The molecule has 1 aromatic carbocycles. The Bertz CT molecular complexity index is 391. The van der Waals surface area contributed by atoms with Gasteiger partial charge in [0.15, 0.2) is 0 Å². The van der Waals surface area contributed by atoms with Gasteiger partial charge in [0.25, 0.3) is 0 Å². The van der Waals surface area contributed by atoms with Gasteiger partial charge in [0.1, 0.15) is 0 Å². The molecule has 0 aromatic heterocycles. The van der Waals surface area contributed by atoms with Gasteiger partial charge in [0.05, 0.1) is 6.10 Å². The molecule has 0 radical (unpaired) electrons. The number of aryl methyl sites for hydroxylation is 1. The van der Waals surface area contributed by atoms with Gasteiger partial charge in [0.2, 0.25) is 0 Å². The largest absolute Gasteiger partial charge is 0.377 e.